The molecule has 0 fully saturated rings. The molecule has 48 heavy (non-hydrogen) atoms. The van der Waals surface area contributed by atoms with Gasteiger partial charge in [-0.15, -0.1) is 0 Å². The van der Waals surface area contributed by atoms with Gasteiger partial charge >= 0.3 is 0 Å². The molecule has 2 heterocycles. The van der Waals surface area contributed by atoms with Crippen molar-refractivity contribution in [3.63, 3.8) is 0 Å². The summed E-state index contributed by atoms with van der Waals surface area (Å²) in [6.07, 6.45) is 0. The van der Waals surface area contributed by atoms with Crippen LogP contribution in [0.1, 0.15) is 25.0 Å². The molecule has 2 aromatic heterocycles. The molecule has 4 nitrogen and oxygen atoms in total. The Hall–Kier alpha value is -6.13. The van der Waals surface area contributed by atoms with E-state index in [1.165, 1.54) is 22.3 Å². The molecule has 0 atom stereocenters. The maximum Gasteiger partial charge on any atom is 0.227 e. The normalized spacial score (nSPS) is 13.4. The van der Waals surface area contributed by atoms with Gasteiger partial charge in [-0.1, -0.05) is 105 Å². The van der Waals surface area contributed by atoms with Gasteiger partial charge in [-0.3, -0.25) is 0 Å². The van der Waals surface area contributed by atoms with Crippen LogP contribution in [0.15, 0.2) is 154 Å². The molecule has 10 rings (SSSR count). The van der Waals surface area contributed by atoms with E-state index in [-0.39, 0.29) is 5.41 Å². The smallest absolute Gasteiger partial charge is 0.227 e. The first-order chi connectivity index (χ1) is 23.5. The van der Waals surface area contributed by atoms with Crippen molar-refractivity contribution in [2.24, 2.45) is 0 Å². The molecule has 7 aromatic carbocycles. The van der Waals surface area contributed by atoms with Crippen molar-refractivity contribution in [3.05, 3.63) is 157 Å². The lowest BCUT2D eigenvalue weighted by Gasteiger charge is -2.28. The molecule has 0 radical (unpaired) electrons. The van der Waals surface area contributed by atoms with E-state index < -0.39 is 0 Å². The third-order valence-corrected chi connectivity index (χ3v) is 10.1. The molecule has 9 aromatic rings. The molecule has 0 saturated heterocycles. The van der Waals surface area contributed by atoms with Crippen molar-refractivity contribution >= 4 is 60.9 Å². The van der Waals surface area contributed by atoms with Crippen LogP contribution in [0.3, 0.4) is 0 Å². The standard InChI is InChI=1S/C44H30N2O2/c1-44(2)36-18-10-8-14-30(36)34-24-28(20-22-37(34)44)46(29-21-23-41-35(25-29)32-16-9-11-19-40(32)47-41)39-26-38-42(33-17-7-6-15-31(33)39)48-43(45-38)27-12-4-3-5-13-27/h3-26H,1-2H3. The second-order valence-corrected chi connectivity index (χ2v) is 13.2. The van der Waals surface area contributed by atoms with Crippen LogP contribution >= 0.6 is 0 Å². The second kappa shape index (κ2) is 9.93. The number of nitrogens with zero attached hydrogens (tertiary/aromatic N) is 2. The first-order valence-electron chi connectivity index (χ1n) is 16.4. The predicted octanol–water partition coefficient (Wildman–Crippen LogP) is 12.3. The molecule has 1 aliphatic rings. The first-order valence-corrected chi connectivity index (χ1v) is 16.4. The van der Waals surface area contributed by atoms with Crippen LogP contribution in [0, 0.1) is 0 Å². The monoisotopic (exact) mass is 618 g/mol. The topological polar surface area (TPSA) is 42.4 Å². The highest BCUT2D eigenvalue weighted by molar-refractivity contribution is 6.13. The minimum atomic E-state index is -0.0793. The number of furan rings is 1. The van der Waals surface area contributed by atoms with Crippen molar-refractivity contribution in [2.75, 3.05) is 4.90 Å². The summed E-state index contributed by atoms with van der Waals surface area (Å²) >= 11 is 0. The number of benzene rings is 7. The summed E-state index contributed by atoms with van der Waals surface area (Å²) in [5.41, 5.74) is 12.6. The number of rotatable bonds is 4. The fraction of sp³-hybridized carbons (Fsp3) is 0.0682. The van der Waals surface area contributed by atoms with Gasteiger partial charge in [0.2, 0.25) is 5.89 Å². The Morgan fingerprint density at radius 3 is 2.06 bits per heavy atom. The summed E-state index contributed by atoms with van der Waals surface area (Å²) in [4.78, 5) is 7.41. The summed E-state index contributed by atoms with van der Waals surface area (Å²) in [6.45, 7) is 4.65. The van der Waals surface area contributed by atoms with Gasteiger partial charge in [-0.2, -0.15) is 0 Å². The largest absolute Gasteiger partial charge is 0.456 e. The number of hydrogen-bond donors (Lipinski definition) is 0. The Morgan fingerprint density at radius 2 is 1.19 bits per heavy atom. The van der Waals surface area contributed by atoms with Crippen LogP contribution in [0.5, 0.6) is 0 Å². The third kappa shape index (κ3) is 3.86. The van der Waals surface area contributed by atoms with Crippen LogP contribution in [-0.2, 0) is 5.41 Å². The molecule has 0 aliphatic heterocycles. The highest BCUT2D eigenvalue weighted by Crippen LogP contribution is 2.51. The number of anilines is 3. The summed E-state index contributed by atoms with van der Waals surface area (Å²) < 4.78 is 12.7. The number of oxazole rings is 1. The maximum atomic E-state index is 6.49. The molecule has 0 bridgehead atoms. The molecule has 4 heteroatoms. The Kier molecular flexibility index (Phi) is 5.59. The van der Waals surface area contributed by atoms with Crippen LogP contribution in [0.2, 0.25) is 0 Å². The quantitative estimate of drug-likeness (QED) is 0.197. The summed E-state index contributed by atoms with van der Waals surface area (Å²) in [5.74, 6) is 0.613. The van der Waals surface area contributed by atoms with Gasteiger partial charge in [-0.25, -0.2) is 4.98 Å². The maximum absolute atomic E-state index is 6.49. The van der Waals surface area contributed by atoms with E-state index in [0.717, 1.165) is 66.4 Å². The Labute approximate surface area is 277 Å². The van der Waals surface area contributed by atoms with E-state index in [0.29, 0.717) is 5.89 Å². The first kappa shape index (κ1) is 27.0. The van der Waals surface area contributed by atoms with Gasteiger partial charge in [0, 0.05) is 43.9 Å². The molecule has 0 spiro atoms. The molecule has 228 valence electrons. The minimum Gasteiger partial charge on any atom is -0.456 e. The Bertz CT molecular complexity index is 2720. The highest BCUT2D eigenvalue weighted by Gasteiger charge is 2.35. The lowest BCUT2D eigenvalue weighted by atomic mass is 9.82. The lowest BCUT2D eigenvalue weighted by Crippen LogP contribution is -2.15. The lowest BCUT2D eigenvalue weighted by molar-refractivity contribution is 0.623. The van der Waals surface area contributed by atoms with E-state index in [9.17, 15) is 0 Å². The van der Waals surface area contributed by atoms with Crippen molar-refractivity contribution in [1.82, 2.24) is 4.98 Å². The van der Waals surface area contributed by atoms with E-state index in [1.54, 1.807) is 0 Å². The number of aromatic nitrogens is 1. The second-order valence-electron chi connectivity index (χ2n) is 13.2. The van der Waals surface area contributed by atoms with Gasteiger partial charge in [0.15, 0.2) is 5.58 Å². The number of fused-ring (bicyclic) bond motifs is 9. The molecule has 0 N–H and O–H groups in total. The fourth-order valence-corrected chi connectivity index (χ4v) is 7.75. The van der Waals surface area contributed by atoms with E-state index in [4.69, 9.17) is 13.8 Å². The van der Waals surface area contributed by atoms with Gasteiger partial charge in [0.05, 0.1) is 5.69 Å². The van der Waals surface area contributed by atoms with E-state index in [2.05, 4.69) is 122 Å². The summed E-state index contributed by atoms with van der Waals surface area (Å²) in [7, 11) is 0. The number of para-hydroxylation sites is 1. The average Bonchev–Trinajstić information content (AvgIpc) is 3.80. The predicted molar refractivity (Wildman–Crippen MR) is 196 cm³/mol. The van der Waals surface area contributed by atoms with Gasteiger partial charge in [0.25, 0.3) is 0 Å². The highest BCUT2D eigenvalue weighted by atomic mass is 16.3. The van der Waals surface area contributed by atoms with Crippen molar-refractivity contribution in [1.29, 1.82) is 0 Å². The zero-order valence-electron chi connectivity index (χ0n) is 26.6. The Morgan fingerprint density at radius 1 is 0.521 bits per heavy atom. The summed E-state index contributed by atoms with van der Waals surface area (Å²) in [6, 6.07) is 51.3. The molecule has 1 aliphatic carbocycles. The van der Waals surface area contributed by atoms with E-state index >= 15 is 0 Å². The zero-order chi connectivity index (χ0) is 32.0. The van der Waals surface area contributed by atoms with Crippen LogP contribution in [0.25, 0.3) is 66.4 Å². The van der Waals surface area contributed by atoms with Crippen molar-refractivity contribution in [3.8, 4) is 22.6 Å². The molecular weight excluding hydrogens is 588 g/mol. The van der Waals surface area contributed by atoms with Gasteiger partial charge in [0.1, 0.15) is 16.7 Å². The molecular formula is C44H30N2O2. The van der Waals surface area contributed by atoms with E-state index in [1.807, 2.05) is 42.5 Å². The third-order valence-electron chi connectivity index (χ3n) is 10.1. The van der Waals surface area contributed by atoms with Crippen molar-refractivity contribution < 1.29 is 8.83 Å². The molecule has 0 unspecified atom stereocenters. The fourth-order valence-electron chi connectivity index (χ4n) is 7.75. The number of hydrogen-bond acceptors (Lipinski definition) is 4. The Balaban J connectivity index is 1.26. The average molecular weight is 619 g/mol. The SMILES string of the molecule is CC1(C)c2ccccc2-c2cc(N(c3ccc4oc5ccccc5c4c3)c3cc4nc(-c5ccccc5)oc4c4ccccc34)ccc21. The van der Waals surface area contributed by atoms with Gasteiger partial charge < -0.3 is 13.7 Å². The van der Waals surface area contributed by atoms with Crippen LogP contribution in [0.4, 0.5) is 17.1 Å². The molecule has 0 saturated carbocycles. The van der Waals surface area contributed by atoms with Crippen LogP contribution < -0.4 is 4.90 Å². The summed E-state index contributed by atoms with van der Waals surface area (Å²) in [5, 5.41) is 4.29. The van der Waals surface area contributed by atoms with Crippen LogP contribution in [-0.4, -0.2) is 4.98 Å². The van der Waals surface area contributed by atoms with Crippen molar-refractivity contribution in [2.45, 2.75) is 19.3 Å². The molecule has 0 amide bonds. The van der Waals surface area contributed by atoms with Gasteiger partial charge in [-0.05, 0) is 76.9 Å². The minimum absolute atomic E-state index is 0.0793. The zero-order valence-corrected chi connectivity index (χ0v) is 26.6.